The summed E-state index contributed by atoms with van der Waals surface area (Å²) in [5.74, 6) is -2.69. The zero-order valence-electron chi connectivity index (χ0n) is 14.4. The van der Waals surface area contributed by atoms with Crippen LogP contribution in [0.2, 0.25) is 0 Å². The van der Waals surface area contributed by atoms with E-state index in [0.29, 0.717) is 9.25 Å². The number of halogens is 4. The molecular formula is C18H11F4N3O4. The molecule has 0 aliphatic heterocycles. The van der Waals surface area contributed by atoms with Gasteiger partial charge in [-0.2, -0.15) is 23.0 Å². The number of carboxylic acids is 1. The standard InChI is InChI=1S/C18H11F4N3O4/c19-12-6-1-2-7-13(12)25-17(29)24(15(26)14(23-25)16(27)28)9-10-4-3-5-11(8-10)18(20,21)22/h1-8H,9H2,(H,27,28). The summed E-state index contributed by atoms with van der Waals surface area (Å²) in [6.45, 7) is -0.668. The summed E-state index contributed by atoms with van der Waals surface area (Å²) < 4.78 is 53.5. The molecular weight excluding hydrogens is 398 g/mol. The third-order valence-electron chi connectivity index (χ3n) is 3.94. The van der Waals surface area contributed by atoms with E-state index in [0.717, 1.165) is 30.3 Å². The molecule has 0 atom stereocenters. The number of aromatic carboxylic acids is 1. The molecule has 0 fully saturated rings. The molecule has 29 heavy (non-hydrogen) atoms. The fourth-order valence-electron chi connectivity index (χ4n) is 2.60. The Morgan fingerprint density at radius 2 is 1.76 bits per heavy atom. The molecule has 3 aromatic rings. The van der Waals surface area contributed by atoms with Crippen molar-refractivity contribution < 1.29 is 27.5 Å². The van der Waals surface area contributed by atoms with Gasteiger partial charge < -0.3 is 5.11 Å². The van der Waals surface area contributed by atoms with E-state index in [1.165, 1.54) is 18.2 Å². The molecule has 1 N–H and O–H groups in total. The Hall–Kier alpha value is -3.76. The van der Waals surface area contributed by atoms with Crippen molar-refractivity contribution in [2.45, 2.75) is 12.7 Å². The number of hydrogen-bond donors (Lipinski definition) is 1. The molecule has 0 aliphatic rings. The number of carbonyl (C=O) groups is 1. The van der Waals surface area contributed by atoms with E-state index in [-0.39, 0.29) is 5.56 Å². The van der Waals surface area contributed by atoms with Crippen LogP contribution in [0.4, 0.5) is 17.6 Å². The van der Waals surface area contributed by atoms with Crippen molar-refractivity contribution in [3.05, 3.63) is 92.0 Å². The highest BCUT2D eigenvalue weighted by Crippen LogP contribution is 2.29. The quantitative estimate of drug-likeness (QED) is 0.668. The van der Waals surface area contributed by atoms with Crippen LogP contribution in [-0.4, -0.2) is 25.4 Å². The Morgan fingerprint density at radius 3 is 2.38 bits per heavy atom. The average molecular weight is 409 g/mol. The highest BCUT2D eigenvalue weighted by Gasteiger charge is 2.30. The summed E-state index contributed by atoms with van der Waals surface area (Å²) in [6, 6.07) is 8.64. The fraction of sp³-hybridized carbons (Fsp3) is 0.111. The predicted molar refractivity (Wildman–Crippen MR) is 91.6 cm³/mol. The topological polar surface area (TPSA) is 94.2 Å². The molecule has 0 radical (unpaired) electrons. The van der Waals surface area contributed by atoms with E-state index in [2.05, 4.69) is 5.10 Å². The fourth-order valence-corrected chi connectivity index (χ4v) is 2.60. The van der Waals surface area contributed by atoms with Crippen LogP contribution in [0.15, 0.2) is 58.1 Å². The molecule has 0 saturated heterocycles. The Labute approximate surface area is 159 Å². The number of nitrogens with zero attached hydrogens (tertiary/aromatic N) is 3. The Morgan fingerprint density at radius 1 is 1.07 bits per heavy atom. The third kappa shape index (κ3) is 3.93. The summed E-state index contributed by atoms with van der Waals surface area (Å²) >= 11 is 0. The second-order valence-electron chi connectivity index (χ2n) is 5.89. The lowest BCUT2D eigenvalue weighted by Crippen LogP contribution is -2.44. The van der Waals surface area contributed by atoms with Gasteiger partial charge >= 0.3 is 17.8 Å². The number of carboxylic acid groups (broad SMARTS) is 1. The second kappa shape index (κ2) is 7.34. The predicted octanol–water partition coefficient (Wildman–Crippen LogP) is 2.30. The summed E-state index contributed by atoms with van der Waals surface area (Å²) in [7, 11) is 0. The van der Waals surface area contributed by atoms with Crippen LogP contribution in [0.1, 0.15) is 21.6 Å². The van der Waals surface area contributed by atoms with Crippen molar-refractivity contribution in [1.29, 1.82) is 0 Å². The molecule has 2 aromatic carbocycles. The molecule has 7 nitrogen and oxygen atoms in total. The van der Waals surface area contributed by atoms with Crippen molar-refractivity contribution in [3.8, 4) is 5.69 Å². The van der Waals surface area contributed by atoms with Crippen LogP contribution in [0.5, 0.6) is 0 Å². The minimum absolute atomic E-state index is 0.0818. The zero-order chi connectivity index (χ0) is 21.3. The van der Waals surface area contributed by atoms with Crippen LogP contribution < -0.4 is 11.2 Å². The minimum Gasteiger partial charge on any atom is -0.476 e. The first-order chi connectivity index (χ1) is 13.6. The van der Waals surface area contributed by atoms with E-state index in [1.807, 2.05) is 0 Å². The number of rotatable bonds is 4. The third-order valence-corrected chi connectivity index (χ3v) is 3.94. The maximum absolute atomic E-state index is 14.1. The van der Waals surface area contributed by atoms with Crippen LogP contribution in [0.25, 0.3) is 5.69 Å². The van der Waals surface area contributed by atoms with Gasteiger partial charge in [0.15, 0.2) is 0 Å². The number of para-hydroxylation sites is 1. The first-order valence-electron chi connectivity index (χ1n) is 7.98. The van der Waals surface area contributed by atoms with E-state index in [9.17, 15) is 37.1 Å². The van der Waals surface area contributed by atoms with Gasteiger partial charge in [-0.25, -0.2) is 14.0 Å². The monoisotopic (exact) mass is 409 g/mol. The van der Waals surface area contributed by atoms with Crippen molar-refractivity contribution >= 4 is 5.97 Å². The largest absolute Gasteiger partial charge is 0.476 e. The van der Waals surface area contributed by atoms with Crippen LogP contribution in [0.3, 0.4) is 0 Å². The van der Waals surface area contributed by atoms with Crippen molar-refractivity contribution in [1.82, 2.24) is 14.3 Å². The Bertz CT molecular complexity index is 1210. The van der Waals surface area contributed by atoms with Gasteiger partial charge in [0.25, 0.3) is 5.56 Å². The molecule has 0 amide bonds. The summed E-state index contributed by atoms with van der Waals surface area (Å²) in [4.78, 5) is 36.4. The lowest BCUT2D eigenvalue weighted by molar-refractivity contribution is -0.137. The van der Waals surface area contributed by atoms with Crippen molar-refractivity contribution in [2.75, 3.05) is 0 Å². The zero-order valence-corrected chi connectivity index (χ0v) is 14.4. The SMILES string of the molecule is O=C(O)c1nn(-c2ccccc2F)c(=O)n(Cc2cccc(C(F)(F)F)c2)c1=O. The van der Waals surface area contributed by atoms with Crippen molar-refractivity contribution in [3.63, 3.8) is 0 Å². The maximum Gasteiger partial charge on any atom is 0.416 e. The molecule has 1 aromatic heterocycles. The highest BCUT2D eigenvalue weighted by molar-refractivity contribution is 5.84. The molecule has 0 saturated carbocycles. The molecule has 0 unspecified atom stereocenters. The van der Waals surface area contributed by atoms with E-state index in [4.69, 9.17) is 0 Å². The average Bonchev–Trinajstić information content (AvgIpc) is 2.65. The van der Waals surface area contributed by atoms with Crippen LogP contribution in [-0.2, 0) is 12.7 Å². The van der Waals surface area contributed by atoms with Gasteiger partial charge in [-0.05, 0) is 29.8 Å². The van der Waals surface area contributed by atoms with Crippen molar-refractivity contribution in [2.24, 2.45) is 0 Å². The molecule has 11 heteroatoms. The maximum atomic E-state index is 14.1. The molecule has 3 rings (SSSR count). The number of benzene rings is 2. The van der Waals surface area contributed by atoms with E-state index in [1.54, 1.807) is 0 Å². The van der Waals surface area contributed by atoms with Gasteiger partial charge in [-0.3, -0.25) is 9.36 Å². The van der Waals surface area contributed by atoms with Gasteiger partial charge in [0, 0.05) is 0 Å². The van der Waals surface area contributed by atoms with E-state index >= 15 is 0 Å². The first-order valence-corrected chi connectivity index (χ1v) is 7.98. The van der Waals surface area contributed by atoms with Gasteiger partial charge in [-0.15, -0.1) is 0 Å². The summed E-state index contributed by atoms with van der Waals surface area (Å²) in [5, 5.41) is 12.6. The Kier molecular flexibility index (Phi) is 5.06. The van der Waals surface area contributed by atoms with Crippen LogP contribution >= 0.6 is 0 Å². The van der Waals surface area contributed by atoms with Gasteiger partial charge in [0.1, 0.15) is 11.5 Å². The number of aromatic nitrogens is 3. The molecule has 0 aliphatic carbocycles. The second-order valence-corrected chi connectivity index (χ2v) is 5.89. The summed E-state index contributed by atoms with van der Waals surface area (Å²) in [6.07, 6.45) is -4.65. The lowest BCUT2D eigenvalue weighted by atomic mass is 10.1. The highest BCUT2D eigenvalue weighted by atomic mass is 19.4. The normalized spacial score (nSPS) is 11.4. The lowest BCUT2D eigenvalue weighted by Gasteiger charge is -2.12. The van der Waals surface area contributed by atoms with E-state index < -0.39 is 52.7 Å². The number of hydrogen-bond acceptors (Lipinski definition) is 4. The molecule has 150 valence electrons. The van der Waals surface area contributed by atoms with Crippen LogP contribution in [0, 0.1) is 5.82 Å². The Balaban J connectivity index is 2.22. The first kappa shape index (κ1) is 20.0. The molecule has 1 heterocycles. The van der Waals surface area contributed by atoms with Gasteiger partial charge in [-0.1, -0.05) is 24.3 Å². The minimum atomic E-state index is -4.65. The van der Waals surface area contributed by atoms with Gasteiger partial charge in [0.05, 0.1) is 12.1 Å². The molecule has 0 bridgehead atoms. The van der Waals surface area contributed by atoms with Gasteiger partial charge in [0.2, 0.25) is 5.69 Å². The summed E-state index contributed by atoms with van der Waals surface area (Å²) in [5.41, 5.74) is -5.13. The molecule has 0 spiro atoms. The smallest absolute Gasteiger partial charge is 0.416 e. The number of alkyl halides is 3.